The second-order valence-electron chi connectivity index (χ2n) is 5.87. The van der Waals surface area contributed by atoms with Gasteiger partial charge >= 0.3 is 0 Å². The molecule has 0 aliphatic carbocycles. The van der Waals surface area contributed by atoms with Gasteiger partial charge in [-0.2, -0.15) is 5.10 Å². The highest BCUT2D eigenvalue weighted by atomic mass is 16.1. The number of ketones is 1. The number of H-pyrrole nitrogens is 1. The van der Waals surface area contributed by atoms with E-state index in [4.69, 9.17) is 0 Å². The van der Waals surface area contributed by atoms with E-state index in [1.165, 1.54) is 0 Å². The fraction of sp³-hybridized carbons (Fsp3) is 0.312. The predicted molar refractivity (Wildman–Crippen MR) is 88.3 cm³/mol. The molecular formula is C16H17N7O. The molecule has 0 saturated heterocycles. The van der Waals surface area contributed by atoms with Gasteiger partial charge in [-0.25, -0.2) is 4.68 Å². The molecule has 1 aromatic carbocycles. The van der Waals surface area contributed by atoms with Crippen LogP contribution in [0.25, 0.3) is 10.9 Å². The van der Waals surface area contributed by atoms with E-state index in [-0.39, 0.29) is 5.78 Å². The zero-order chi connectivity index (χ0) is 16.7. The molecule has 4 rings (SSSR count). The molecule has 1 aliphatic heterocycles. The minimum Gasteiger partial charge on any atom is -0.316 e. The van der Waals surface area contributed by atoms with Crippen molar-refractivity contribution in [2.45, 2.75) is 26.3 Å². The van der Waals surface area contributed by atoms with Crippen molar-refractivity contribution in [2.24, 2.45) is 0 Å². The molecule has 1 aliphatic rings. The maximum absolute atomic E-state index is 12.9. The Morgan fingerprint density at radius 3 is 3.08 bits per heavy atom. The number of nitrogens with one attached hydrogen (secondary N) is 1. The lowest BCUT2D eigenvalue weighted by Crippen LogP contribution is -2.31. The Bertz CT molecular complexity index is 952. The van der Waals surface area contributed by atoms with Gasteiger partial charge in [-0.1, -0.05) is 18.1 Å². The largest absolute Gasteiger partial charge is 0.316 e. The number of anilines is 1. The number of Topliss-reactive ketones (excluding diaryl/α,β-unsaturated/α-hetero) is 1. The minimum absolute atomic E-state index is 0.0997. The van der Waals surface area contributed by atoms with Gasteiger partial charge in [0.2, 0.25) is 5.95 Å². The van der Waals surface area contributed by atoms with Crippen molar-refractivity contribution in [1.29, 1.82) is 0 Å². The SMILES string of the molecule is CCC1=C(C(=O)Cc2ccc3[nH]ncc3c2)Cn2nnnc2N1C. The van der Waals surface area contributed by atoms with E-state index in [0.717, 1.165) is 34.2 Å². The van der Waals surface area contributed by atoms with Crippen LogP contribution in [0.15, 0.2) is 35.7 Å². The van der Waals surface area contributed by atoms with Crippen molar-refractivity contribution < 1.29 is 4.79 Å². The lowest BCUT2D eigenvalue weighted by Gasteiger charge is -2.28. The highest BCUT2D eigenvalue weighted by Crippen LogP contribution is 2.27. The zero-order valence-corrected chi connectivity index (χ0v) is 13.5. The first-order chi connectivity index (χ1) is 11.7. The highest BCUT2D eigenvalue weighted by Gasteiger charge is 2.27. The Hall–Kier alpha value is -3.03. The van der Waals surface area contributed by atoms with E-state index >= 15 is 0 Å². The van der Waals surface area contributed by atoms with Crippen molar-refractivity contribution in [3.8, 4) is 0 Å². The summed E-state index contributed by atoms with van der Waals surface area (Å²) in [7, 11) is 1.89. The van der Waals surface area contributed by atoms with Gasteiger partial charge in [0.15, 0.2) is 5.78 Å². The van der Waals surface area contributed by atoms with Crippen LogP contribution >= 0.6 is 0 Å². The van der Waals surface area contributed by atoms with E-state index < -0.39 is 0 Å². The van der Waals surface area contributed by atoms with Crippen LogP contribution in [-0.2, 0) is 17.8 Å². The van der Waals surface area contributed by atoms with Crippen molar-refractivity contribution in [3.63, 3.8) is 0 Å². The third-order valence-corrected chi connectivity index (χ3v) is 4.41. The molecule has 0 amide bonds. The first-order valence-corrected chi connectivity index (χ1v) is 7.84. The van der Waals surface area contributed by atoms with E-state index in [0.29, 0.717) is 18.9 Å². The predicted octanol–water partition coefficient (Wildman–Crippen LogP) is 1.48. The Balaban J connectivity index is 1.64. The number of carbonyl (C=O) groups excluding carboxylic acids is 1. The van der Waals surface area contributed by atoms with Gasteiger partial charge in [-0.3, -0.25) is 9.89 Å². The molecule has 0 unspecified atom stereocenters. The van der Waals surface area contributed by atoms with Crippen molar-refractivity contribution in [1.82, 2.24) is 30.4 Å². The molecule has 0 atom stereocenters. The number of benzene rings is 1. The average molecular weight is 323 g/mol. The molecule has 3 aromatic rings. The third-order valence-electron chi connectivity index (χ3n) is 4.41. The minimum atomic E-state index is 0.0997. The number of rotatable bonds is 4. The number of aromatic amines is 1. The number of carbonyl (C=O) groups is 1. The van der Waals surface area contributed by atoms with Crippen molar-refractivity contribution in [3.05, 3.63) is 41.2 Å². The summed E-state index contributed by atoms with van der Waals surface area (Å²) >= 11 is 0. The second-order valence-corrected chi connectivity index (χ2v) is 5.87. The maximum Gasteiger partial charge on any atom is 0.249 e. The summed E-state index contributed by atoms with van der Waals surface area (Å²) in [4.78, 5) is 14.8. The van der Waals surface area contributed by atoms with Crippen LogP contribution in [0.5, 0.6) is 0 Å². The number of fused-ring (bicyclic) bond motifs is 2. The highest BCUT2D eigenvalue weighted by molar-refractivity contribution is 5.98. The summed E-state index contributed by atoms with van der Waals surface area (Å²) in [6, 6.07) is 5.91. The lowest BCUT2D eigenvalue weighted by molar-refractivity contribution is -0.115. The fourth-order valence-corrected chi connectivity index (χ4v) is 3.20. The molecule has 24 heavy (non-hydrogen) atoms. The zero-order valence-electron chi connectivity index (χ0n) is 13.5. The van der Waals surface area contributed by atoms with Crippen LogP contribution in [-0.4, -0.2) is 43.2 Å². The number of allylic oxidation sites excluding steroid dienone is 2. The van der Waals surface area contributed by atoms with Gasteiger partial charge < -0.3 is 4.90 Å². The summed E-state index contributed by atoms with van der Waals surface area (Å²) in [6.07, 6.45) is 2.87. The smallest absolute Gasteiger partial charge is 0.249 e. The summed E-state index contributed by atoms with van der Waals surface area (Å²) in [5.74, 6) is 0.769. The number of hydrogen-bond donors (Lipinski definition) is 1. The molecule has 0 radical (unpaired) electrons. The standard InChI is InChI=1S/C16H17N7O/c1-3-14-12(9-23-16(22(14)2)19-20-21-23)15(24)7-10-4-5-13-11(6-10)8-17-18-13/h4-6,8H,3,7,9H2,1-2H3,(H,17,18). The Morgan fingerprint density at radius 2 is 2.25 bits per heavy atom. The fourth-order valence-electron chi connectivity index (χ4n) is 3.20. The molecule has 0 spiro atoms. The van der Waals surface area contributed by atoms with Gasteiger partial charge in [0.25, 0.3) is 0 Å². The Labute approximate surface area is 138 Å². The maximum atomic E-state index is 12.9. The first kappa shape index (κ1) is 14.6. The molecule has 8 nitrogen and oxygen atoms in total. The Morgan fingerprint density at radius 1 is 1.38 bits per heavy atom. The quantitative estimate of drug-likeness (QED) is 0.781. The second kappa shape index (κ2) is 5.55. The monoisotopic (exact) mass is 323 g/mol. The van der Waals surface area contributed by atoms with Crippen LogP contribution in [0.1, 0.15) is 18.9 Å². The van der Waals surface area contributed by atoms with E-state index in [1.54, 1.807) is 10.9 Å². The lowest BCUT2D eigenvalue weighted by atomic mass is 9.98. The first-order valence-electron chi connectivity index (χ1n) is 7.84. The third kappa shape index (κ3) is 2.27. The summed E-state index contributed by atoms with van der Waals surface area (Å²) in [5, 5.41) is 19.6. The molecule has 0 fully saturated rings. The van der Waals surface area contributed by atoms with E-state index in [9.17, 15) is 4.79 Å². The molecule has 0 saturated carbocycles. The van der Waals surface area contributed by atoms with Gasteiger partial charge in [-0.05, 0) is 34.5 Å². The van der Waals surface area contributed by atoms with Crippen molar-refractivity contribution >= 4 is 22.6 Å². The van der Waals surface area contributed by atoms with E-state index in [1.807, 2.05) is 37.1 Å². The molecule has 1 N–H and O–H groups in total. The van der Waals surface area contributed by atoms with Gasteiger partial charge in [-0.15, -0.1) is 0 Å². The molecule has 2 aromatic heterocycles. The van der Waals surface area contributed by atoms with Crippen LogP contribution in [0.4, 0.5) is 5.95 Å². The average Bonchev–Trinajstić information content (AvgIpc) is 3.23. The van der Waals surface area contributed by atoms with Crippen molar-refractivity contribution in [2.75, 3.05) is 11.9 Å². The van der Waals surface area contributed by atoms with Crippen LogP contribution in [0.3, 0.4) is 0 Å². The molecule has 0 bridgehead atoms. The number of hydrogen-bond acceptors (Lipinski definition) is 6. The van der Waals surface area contributed by atoms with Crippen LogP contribution in [0.2, 0.25) is 0 Å². The molecule has 3 heterocycles. The van der Waals surface area contributed by atoms with Gasteiger partial charge in [0, 0.05) is 30.1 Å². The number of nitrogens with zero attached hydrogens (tertiary/aromatic N) is 6. The van der Waals surface area contributed by atoms with Crippen LogP contribution in [0, 0.1) is 0 Å². The van der Waals surface area contributed by atoms with E-state index in [2.05, 4.69) is 25.7 Å². The molecule has 8 heteroatoms. The van der Waals surface area contributed by atoms with Gasteiger partial charge in [0.05, 0.1) is 18.3 Å². The summed E-state index contributed by atoms with van der Waals surface area (Å²) < 4.78 is 1.66. The molecular weight excluding hydrogens is 306 g/mol. The number of aromatic nitrogens is 6. The van der Waals surface area contributed by atoms with Gasteiger partial charge in [0.1, 0.15) is 0 Å². The Kier molecular flexibility index (Phi) is 3.37. The van der Waals surface area contributed by atoms with Crippen LogP contribution < -0.4 is 4.90 Å². The summed E-state index contributed by atoms with van der Waals surface area (Å²) in [6.45, 7) is 2.46. The normalized spacial score (nSPS) is 14.3. The number of tetrazole rings is 1. The topological polar surface area (TPSA) is 92.6 Å². The summed E-state index contributed by atoms with van der Waals surface area (Å²) in [5.41, 5.74) is 3.69. The molecule has 122 valence electrons.